The van der Waals surface area contributed by atoms with E-state index < -0.39 is 0 Å². The number of hydrogen-bond acceptors (Lipinski definition) is 2. The highest BCUT2D eigenvalue weighted by Crippen LogP contribution is 2.25. The summed E-state index contributed by atoms with van der Waals surface area (Å²) in [7, 11) is 0. The summed E-state index contributed by atoms with van der Waals surface area (Å²) >= 11 is 0. The molecule has 0 saturated heterocycles. The van der Waals surface area contributed by atoms with Crippen molar-refractivity contribution in [2.45, 2.75) is 33.4 Å². The van der Waals surface area contributed by atoms with Crippen molar-refractivity contribution in [2.75, 3.05) is 5.32 Å². The predicted molar refractivity (Wildman–Crippen MR) is 80.3 cm³/mol. The third-order valence-corrected chi connectivity index (χ3v) is 3.46. The van der Waals surface area contributed by atoms with Crippen molar-refractivity contribution in [3.05, 3.63) is 64.7 Å². The van der Waals surface area contributed by atoms with Crippen molar-refractivity contribution >= 4 is 5.69 Å². The van der Waals surface area contributed by atoms with Crippen molar-refractivity contribution in [3.63, 3.8) is 0 Å². The first-order chi connectivity index (χ1) is 9.11. The van der Waals surface area contributed by atoms with Crippen LogP contribution in [0.15, 0.2) is 42.5 Å². The van der Waals surface area contributed by atoms with Crippen molar-refractivity contribution < 1.29 is 5.11 Å². The molecule has 0 amide bonds. The van der Waals surface area contributed by atoms with Crippen LogP contribution in [0, 0.1) is 13.8 Å². The van der Waals surface area contributed by atoms with Gasteiger partial charge in [0, 0.05) is 17.3 Å². The number of anilines is 1. The fourth-order valence-electron chi connectivity index (χ4n) is 2.34. The number of hydrogen-bond donors (Lipinski definition) is 2. The Morgan fingerprint density at radius 3 is 2.58 bits per heavy atom. The van der Waals surface area contributed by atoms with Crippen LogP contribution in [-0.2, 0) is 6.61 Å². The molecule has 0 aliphatic rings. The highest BCUT2D eigenvalue weighted by atomic mass is 16.3. The van der Waals surface area contributed by atoms with E-state index >= 15 is 0 Å². The van der Waals surface area contributed by atoms with E-state index in [1.54, 1.807) is 0 Å². The maximum atomic E-state index is 9.36. The second kappa shape index (κ2) is 5.89. The summed E-state index contributed by atoms with van der Waals surface area (Å²) < 4.78 is 0. The van der Waals surface area contributed by atoms with Crippen LogP contribution in [0.1, 0.15) is 35.2 Å². The maximum Gasteiger partial charge on any atom is 0.0701 e. The van der Waals surface area contributed by atoms with Gasteiger partial charge in [-0.1, -0.05) is 42.0 Å². The van der Waals surface area contributed by atoms with E-state index in [-0.39, 0.29) is 12.6 Å². The average Bonchev–Trinajstić information content (AvgIpc) is 2.42. The van der Waals surface area contributed by atoms with Crippen LogP contribution in [-0.4, -0.2) is 5.11 Å². The van der Waals surface area contributed by atoms with Crippen LogP contribution >= 0.6 is 0 Å². The molecular weight excluding hydrogens is 234 g/mol. The van der Waals surface area contributed by atoms with Gasteiger partial charge in [0.05, 0.1) is 6.61 Å². The number of aliphatic hydroxyl groups is 1. The van der Waals surface area contributed by atoms with Crippen molar-refractivity contribution in [1.82, 2.24) is 0 Å². The lowest BCUT2D eigenvalue weighted by Gasteiger charge is -2.20. The Bertz CT molecular complexity index is 563. The predicted octanol–water partition coefficient (Wildman–Crippen LogP) is 3.97. The zero-order chi connectivity index (χ0) is 13.8. The molecule has 19 heavy (non-hydrogen) atoms. The molecule has 2 aromatic rings. The number of aliphatic hydroxyl groups excluding tert-OH is 1. The Morgan fingerprint density at radius 2 is 1.84 bits per heavy atom. The third-order valence-electron chi connectivity index (χ3n) is 3.46. The second-order valence-corrected chi connectivity index (χ2v) is 5.04. The molecule has 2 rings (SSSR count). The highest BCUT2D eigenvalue weighted by molar-refractivity contribution is 5.53. The van der Waals surface area contributed by atoms with Crippen LogP contribution in [0.4, 0.5) is 5.69 Å². The van der Waals surface area contributed by atoms with E-state index in [1.807, 2.05) is 24.3 Å². The lowest BCUT2D eigenvalue weighted by atomic mass is 9.99. The van der Waals surface area contributed by atoms with Crippen LogP contribution < -0.4 is 5.32 Å². The van der Waals surface area contributed by atoms with Gasteiger partial charge in [0.15, 0.2) is 0 Å². The van der Waals surface area contributed by atoms with E-state index in [4.69, 9.17) is 0 Å². The smallest absolute Gasteiger partial charge is 0.0701 e. The molecule has 2 nitrogen and oxygen atoms in total. The molecule has 0 radical (unpaired) electrons. The van der Waals surface area contributed by atoms with Crippen LogP contribution in [0.25, 0.3) is 0 Å². The van der Waals surface area contributed by atoms with Gasteiger partial charge in [0.1, 0.15) is 0 Å². The van der Waals surface area contributed by atoms with Gasteiger partial charge in [-0.05, 0) is 38.0 Å². The normalized spacial score (nSPS) is 12.2. The SMILES string of the molecule is Cc1ccc(C)c(C(C)Nc2ccccc2CO)c1. The van der Waals surface area contributed by atoms with Crippen LogP contribution in [0.2, 0.25) is 0 Å². The number of nitrogens with one attached hydrogen (secondary N) is 1. The number of para-hydroxylation sites is 1. The van der Waals surface area contributed by atoms with Gasteiger partial charge in [-0.2, -0.15) is 0 Å². The first kappa shape index (κ1) is 13.6. The first-order valence-corrected chi connectivity index (χ1v) is 6.64. The highest BCUT2D eigenvalue weighted by Gasteiger charge is 2.10. The van der Waals surface area contributed by atoms with Crippen molar-refractivity contribution in [1.29, 1.82) is 0 Å². The molecule has 0 spiro atoms. The largest absolute Gasteiger partial charge is 0.392 e. The number of benzene rings is 2. The summed E-state index contributed by atoms with van der Waals surface area (Å²) in [5.74, 6) is 0. The molecule has 0 aliphatic carbocycles. The summed E-state index contributed by atoms with van der Waals surface area (Å²) in [4.78, 5) is 0. The quantitative estimate of drug-likeness (QED) is 0.866. The van der Waals surface area contributed by atoms with Gasteiger partial charge in [-0.25, -0.2) is 0 Å². The zero-order valence-corrected chi connectivity index (χ0v) is 11.8. The minimum Gasteiger partial charge on any atom is -0.392 e. The molecule has 1 unspecified atom stereocenters. The first-order valence-electron chi connectivity index (χ1n) is 6.64. The Balaban J connectivity index is 2.25. The molecule has 2 heteroatoms. The third kappa shape index (κ3) is 3.15. The van der Waals surface area contributed by atoms with Crippen molar-refractivity contribution in [3.8, 4) is 0 Å². The molecule has 0 saturated carbocycles. The molecular formula is C17H21NO. The van der Waals surface area contributed by atoms with E-state index in [0.29, 0.717) is 0 Å². The van der Waals surface area contributed by atoms with Gasteiger partial charge in [0.25, 0.3) is 0 Å². The zero-order valence-electron chi connectivity index (χ0n) is 11.8. The van der Waals surface area contributed by atoms with Crippen molar-refractivity contribution in [2.24, 2.45) is 0 Å². The molecule has 100 valence electrons. The Hall–Kier alpha value is -1.80. The summed E-state index contributed by atoms with van der Waals surface area (Å²) in [6.45, 7) is 6.45. The van der Waals surface area contributed by atoms with Gasteiger partial charge in [0.2, 0.25) is 0 Å². The fourth-order valence-corrected chi connectivity index (χ4v) is 2.34. The number of rotatable bonds is 4. The van der Waals surface area contributed by atoms with Gasteiger partial charge >= 0.3 is 0 Å². The molecule has 0 aliphatic heterocycles. The summed E-state index contributed by atoms with van der Waals surface area (Å²) in [5.41, 5.74) is 5.78. The van der Waals surface area contributed by atoms with E-state index in [0.717, 1.165) is 11.3 Å². The molecule has 0 heterocycles. The lowest BCUT2D eigenvalue weighted by molar-refractivity contribution is 0.282. The number of aryl methyl sites for hydroxylation is 2. The monoisotopic (exact) mass is 255 g/mol. The second-order valence-electron chi connectivity index (χ2n) is 5.04. The standard InChI is InChI=1S/C17H21NO/c1-12-8-9-13(2)16(10-12)14(3)18-17-7-5-4-6-15(17)11-19/h4-10,14,18-19H,11H2,1-3H3. The molecule has 2 aromatic carbocycles. The molecule has 1 atom stereocenters. The maximum absolute atomic E-state index is 9.36. The van der Waals surface area contributed by atoms with Crippen LogP contribution in [0.5, 0.6) is 0 Å². The van der Waals surface area contributed by atoms with E-state index in [1.165, 1.54) is 16.7 Å². The summed E-state index contributed by atoms with van der Waals surface area (Å²) in [5, 5.41) is 12.8. The fraction of sp³-hybridized carbons (Fsp3) is 0.294. The van der Waals surface area contributed by atoms with E-state index in [2.05, 4.69) is 44.3 Å². The molecule has 0 fully saturated rings. The Labute approximate surface area is 115 Å². The van der Waals surface area contributed by atoms with Gasteiger partial charge < -0.3 is 10.4 Å². The van der Waals surface area contributed by atoms with E-state index in [9.17, 15) is 5.11 Å². The minimum absolute atomic E-state index is 0.0582. The molecule has 0 bridgehead atoms. The lowest BCUT2D eigenvalue weighted by Crippen LogP contribution is -2.10. The molecule has 2 N–H and O–H groups in total. The van der Waals surface area contributed by atoms with Gasteiger partial charge in [-0.3, -0.25) is 0 Å². The minimum atomic E-state index is 0.0582. The average molecular weight is 255 g/mol. The molecule has 0 aromatic heterocycles. The Morgan fingerprint density at radius 1 is 1.11 bits per heavy atom. The van der Waals surface area contributed by atoms with Gasteiger partial charge in [-0.15, -0.1) is 0 Å². The Kier molecular flexibility index (Phi) is 4.23. The summed E-state index contributed by atoms with van der Waals surface area (Å²) in [6.07, 6.45) is 0. The summed E-state index contributed by atoms with van der Waals surface area (Å²) in [6, 6.07) is 14.6. The van der Waals surface area contributed by atoms with Crippen LogP contribution in [0.3, 0.4) is 0 Å². The topological polar surface area (TPSA) is 32.3 Å².